The first-order valence-electron chi connectivity index (χ1n) is 7.22. The van der Waals surface area contributed by atoms with Crippen LogP contribution in [0.5, 0.6) is 0 Å². The van der Waals surface area contributed by atoms with Crippen LogP contribution in [0.2, 0.25) is 0 Å². The van der Waals surface area contributed by atoms with Gasteiger partial charge in [-0.3, -0.25) is 9.59 Å². The Morgan fingerprint density at radius 2 is 1.76 bits per heavy atom. The van der Waals surface area contributed by atoms with E-state index in [1.165, 1.54) is 14.0 Å². The minimum absolute atomic E-state index is 0.0962. The molecule has 0 bridgehead atoms. The summed E-state index contributed by atoms with van der Waals surface area (Å²) in [6.07, 6.45) is -0.654. The number of Topliss-reactive ketones (excluding diaryl/α,β-unsaturated/α-hetero) is 1. The lowest BCUT2D eigenvalue weighted by molar-refractivity contribution is -0.140. The van der Waals surface area contributed by atoms with Crippen molar-refractivity contribution in [3.05, 3.63) is 29.8 Å². The van der Waals surface area contributed by atoms with E-state index in [-0.39, 0.29) is 12.2 Å². The standard InChI is InChI=1S/C15H18N4O6/c1-9(20)10-3-5-11(6-4-10)17-18-19(2)15(25)16-12(14(23)24)7-8-13(21)22/h3-6,12H,7-8H2,1-2H3,(H,16,25)(H,21,22)(H,23,24)/t12-/m0/s1. The van der Waals surface area contributed by atoms with Crippen LogP contribution in [0.1, 0.15) is 30.1 Å². The lowest BCUT2D eigenvalue weighted by Gasteiger charge is -2.16. The summed E-state index contributed by atoms with van der Waals surface area (Å²) in [6, 6.07) is 4.00. The van der Waals surface area contributed by atoms with E-state index in [9.17, 15) is 19.2 Å². The number of aliphatic carboxylic acids is 2. The molecule has 1 aromatic carbocycles. The van der Waals surface area contributed by atoms with Crippen molar-refractivity contribution in [1.29, 1.82) is 0 Å². The molecule has 0 aromatic heterocycles. The second kappa shape index (κ2) is 9.11. The first-order chi connectivity index (χ1) is 11.7. The highest BCUT2D eigenvalue weighted by atomic mass is 16.4. The largest absolute Gasteiger partial charge is 0.481 e. The molecule has 1 atom stereocenters. The van der Waals surface area contributed by atoms with Crippen LogP contribution in [0.15, 0.2) is 34.6 Å². The van der Waals surface area contributed by atoms with Crippen molar-refractivity contribution >= 4 is 29.4 Å². The van der Waals surface area contributed by atoms with Crippen molar-refractivity contribution < 1.29 is 29.4 Å². The molecule has 134 valence electrons. The fourth-order valence-electron chi connectivity index (χ4n) is 1.69. The highest BCUT2D eigenvalue weighted by molar-refractivity contribution is 5.94. The van der Waals surface area contributed by atoms with E-state index in [4.69, 9.17) is 10.2 Å². The van der Waals surface area contributed by atoms with Gasteiger partial charge in [-0.05, 0) is 37.6 Å². The van der Waals surface area contributed by atoms with Gasteiger partial charge in [-0.2, -0.15) is 5.01 Å². The summed E-state index contributed by atoms with van der Waals surface area (Å²) in [7, 11) is 1.26. The van der Waals surface area contributed by atoms with Crippen LogP contribution >= 0.6 is 0 Å². The molecule has 0 saturated heterocycles. The van der Waals surface area contributed by atoms with Gasteiger partial charge >= 0.3 is 18.0 Å². The summed E-state index contributed by atoms with van der Waals surface area (Å²) in [5.41, 5.74) is 0.901. The topological polar surface area (TPSA) is 149 Å². The molecule has 0 aliphatic rings. The smallest absolute Gasteiger partial charge is 0.339 e. The quantitative estimate of drug-likeness (QED) is 0.370. The highest BCUT2D eigenvalue weighted by Crippen LogP contribution is 2.14. The van der Waals surface area contributed by atoms with Crippen LogP contribution in [0.4, 0.5) is 10.5 Å². The van der Waals surface area contributed by atoms with Gasteiger partial charge in [0.05, 0.1) is 5.69 Å². The number of carboxylic acids is 2. The first-order valence-corrected chi connectivity index (χ1v) is 7.22. The molecule has 0 fully saturated rings. The maximum absolute atomic E-state index is 11.9. The molecule has 0 heterocycles. The predicted molar refractivity (Wildman–Crippen MR) is 85.6 cm³/mol. The zero-order chi connectivity index (χ0) is 19.0. The zero-order valence-electron chi connectivity index (χ0n) is 13.7. The van der Waals surface area contributed by atoms with Crippen LogP contribution in [0, 0.1) is 0 Å². The van der Waals surface area contributed by atoms with E-state index in [2.05, 4.69) is 15.7 Å². The van der Waals surface area contributed by atoms with Gasteiger partial charge < -0.3 is 15.5 Å². The number of carbonyl (C=O) groups is 4. The molecule has 0 aliphatic carbocycles. The van der Waals surface area contributed by atoms with Gasteiger partial charge in [-0.1, -0.05) is 5.22 Å². The van der Waals surface area contributed by atoms with Crippen LogP contribution in [0.3, 0.4) is 0 Å². The summed E-state index contributed by atoms with van der Waals surface area (Å²) >= 11 is 0. The van der Waals surface area contributed by atoms with Crippen molar-refractivity contribution in [3.8, 4) is 0 Å². The lowest BCUT2D eigenvalue weighted by atomic mass is 10.1. The predicted octanol–water partition coefficient (Wildman–Crippen LogP) is 1.85. The van der Waals surface area contributed by atoms with E-state index >= 15 is 0 Å². The van der Waals surface area contributed by atoms with Crippen molar-refractivity contribution in [2.45, 2.75) is 25.8 Å². The monoisotopic (exact) mass is 350 g/mol. The second-order valence-electron chi connectivity index (χ2n) is 5.09. The maximum atomic E-state index is 11.9. The number of nitrogens with one attached hydrogen (secondary N) is 1. The summed E-state index contributed by atoms with van der Waals surface area (Å²) < 4.78 is 0. The highest BCUT2D eigenvalue weighted by Gasteiger charge is 2.22. The molecule has 0 unspecified atom stereocenters. The molecule has 25 heavy (non-hydrogen) atoms. The Labute approximate surface area is 143 Å². The molecule has 0 radical (unpaired) electrons. The molecular weight excluding hydrogens is 332 g/mol. The number of urea groups is 1. The van der Waals surface area contributed by atoms with Crippen molar-refractivity contribution in [1.82, 2.24) is 10.3 Å². The van der Waals surface area contributed by atoms with E-state index in [1.807, 2.05) is 0 Å². The third kappa shape index (κ3) is 6.77. The average molecular weight is 350 g/mol. The van der Waals surface area contributed by atoms with Crippen LogP contribution in [0.25, 0.3) is 0 Å². The SMILES string of the molecule is CC(=O)c1ccc(N=NN(C)C(=O)N[C@@H](CCC(=O)O)C(=O)O)cc1. The first kappa shape index (κ1) is 19.7. The van der Waals surface area contributed by atoms with Gasteiger partial charge in [0.1, 0.15) is 6.04 Å². The van der Waals surface area contributed by atoms with Gasteiger partial charge in [0.25, 0.3) is 0 Å². The molecule has 0 spiro atoms. The number of carboxylic acid groups (broad SMARTS) is 2. The minimum atomic E-state index is -1.35. The van der Waals surface area contributed by atoms with Crippen LogP contribution in [-0.2, 0) is 9.59 Å². The molecule has 2 amide bonds. The Morgan fingerprint density at radius 3 is 2.24 bits per heavy atom. The van der Waals surface area contributed by atoms with Gasteiger partial charge in [0, 0.05) is 19.0 Å². The van der Waals surface area contributed by atoms with Crippen LogP contribution in [-0.4, -0.2) is 52.1 Å². The van der Waals surface area contributed by atoms with E-state index in [1.54, 1.807) is 24.3 Å². The molecule has 1 aromatic rings. The zero-order valence-corrected chi connectivity index (χ0v) is 13.7. The Kier molecular flexibility index (Phi) is 7.19. The van der Waals surface area contributed by atoms with Gasteiger partial charge in [0.2, 0.25) is 0 Å². The van der Waals surface area contributed by atoms with Gasteiger partial charge in [-0.15, -0.1) is 5.11 Å². The number of nitrogens with zero attached hydrogens (tertiary/aromatic N) is 3. The second-order valence-corrected chi connectivity index (χ2v) is 5.09. The number of rotatable bonds is 8. The average Bonchev–Trinajstić information content (AvgIpc) is 2.55. The summed E-state index contributed by atoms with van der Waals surface area (Å²) in [5, 5.41) is 27.9. The van der Waals surface area contributed by atoms with Crippen LogP contribution < -0.4 is 5.32 Å². The number of hydrogen-bond donors (Lipinski definition) is 3. The fraction of sp³-hybridized carbons (Fsp3) is 0.333. The number of amides is 2. The number of benzene rings is 1. The summed E-state index contributed by atoms with van der Waals surface area (Å²) in [5.74, 6) is -2.61. The van der Waals surface area contributed by atoms with Gasteiger partial charge in [0.15, 0.2) is 5.78 Å². The number of ketones is 1. The summed E-state index contributed by atoms with van der Waals surface area (Å²) in [4.78, 5) is 44.6. The lowest BCUT2D eigenvalue weighted by Crippen LogP contribution is -2.45. The molecule has 3 N–H and O–H groups in total. The number of hydrogen-bond acceptors (Lipinski definition) is 6. The molecule has 0 saturated carbocycles. The minimum Gasteiger partial charge on any atom is -0.481 e. The van der Waals surface area contributed by atoms with Crippen molar-refractivity contribution in [2.24, 2.45) is 10.3 Å². The fourth-order valence-corrected chi connectivity index (χ4v) is 1.69. The third-order valence-electron chi connectivity index (χ3n) is 3.10. The molecule has 0 aliphatic heterocycles. The maximum Gasteiger partial charge on any atom is 0.339 e. The van der Waals surface area contributed by atoms with Crippen molar-refractivity contribution in [3.63, 3.8) is 0 Å². The Balaban J connectivity index is 2.66. The van der Waals surface area contributed by atoms with E-state index < -0.39 is 30.4 Å². The molecule has 10 heteroatoms. The van der Waals surface area contributed by atoms with E-state index in [0.29, 0.717) is 11.3 Å². The molecule has 1 rings (SSSR count). The Hall–Kier alpha value is -3.30. The van der Waals surface area contributed by atoms with Gasteiger partial charge in [-0.25, -0.2) is 9.59 Å². The Morgan fingerprint density at radius 1 is 1.16 bits per heavy atom. The third-order valence-corrected chi connectivity index (χ3v) is 3.10. The molecule has 10 nitrogen and oxygen atoms in total. The normalized spacial score (nSPS) is 11.8. The molecular formula is C15H18N4O6. The number of carbonyl (C=O) groups excluding carboxylic acids is 2. The Bertz CT molecular complexity index is 686. The van der Waals surface area contributed by atoms with Crippen molar-refractivity contribution in [2.75, 3.05) is 7.05 Å². The summed E-state index contributed by atoms with van der Waals surface area (Å²) in [6.45, 7) is 1.43. The van der Waals surface area contributed by atoms with E-state index in [0.717, 1.165) is 5.01 Å².